The minimum absolute atomic E-state index is 0.118. The molecule has 4 rings (SSSR count). The van der Waals surface area contributed by atoms with Crippen LogP contribution in [0.5, 0.6) is 0 Å². The Morgan fingerprint density at radius 2 is 1.58 bits per heavy atom. The maximum atomic E-state index is 13.4. The SMILES string of the molecule is Cc1ccc(S(=O)(=O)N2CCOCC2)cc1C(=O)NC(c1ccccc1)c1ccccc1C. The molecule has 0 bridgehead atoms. The summed E-state index contributed by atoms with van der Waals surface area (Å²) in [4.78, 5) is 13.6. The molecule has 172 valence electrons. The van der Waals surface area contributed by atoms with E-state index in [0.29, 0.717) is 37.4 Å². The molecule has 33 heavy (non-hydrogen) atoms. The number of aryl methyl sites for hydroxylation is 2. The van der Waals surface area contributed by atoms with Crippen molar-refractivity contribution in [3.05, 3.63) is 101 Å². The van der Waals surface area contributed by atoms with Crippen molar-refractivity contribution in [1.82, 2.24) is 9.62 Å². The van der Waals surface area contributed by atoms with Gasteiger partial charge < -0.3 is 10.1 Å². The van der Waals surface area contributed by atoms with Crippen LogP contribution in [0.3, 0.4) is 0 Å². The Morgan fingerprint density at radius 1 is 0.909 bits per heavy atom. The molecule has 3 aromatic carbocycles. The Balaban J connectivity index is 1.68. The van der Waals surface area contributed by atoms with Gasteiger partial charge in [-0.25, -0.2) is 8.42 Å². The third kappa shape index (κ3) is 5.00. The molecular weight excluding hydrogens is 436 g/mol. The van der Waals surface area contributed by atoms with Crippen LogP contribution in [-0.2, 0) is 14.8 Å². The molecule has 3 aromatic rings. The Hall–Kier alpha value is -3.00. The largest absolute Gasteiger partial charge is 0.379 e. The summed E-state index contributed by atoms with van der Waals surface area (Å²) in [6.07, 6.45) is 0. The fourth-order valence-electron chi connectivity index (χ4n) is 4.05. The zero-order chi connectivity index (χ0) is 23.4. The van der Waals surface area contributed by atoms with E-state index in [2.05, 4.69) is 5.32 Å². The number of rotatable bonds is 6. The van der Waals surface area contributed by atoms with E-state index in [1.807, 2.05) is 68.4 Å². The lowest BCUT2D eigenvalue weighted by Crippen LogP contribution is -2.40. The lowest BCUT2D eigenvalue weighted by molar-refractivity contribution is 0.0730. The second-order valence-electron chi connectivity index (χ2n) is 8.17. The minimum Gasteiger partial charge on any atom is -0.379 e. The third-order valence-electron chi connectivity index (χ3n) is 5.97. The highest BCUT2D eigenvalue weighted by atomic mass is 32.2. The van der Waals surface area contributed by atoms with Crippen LogP contribution in [0.1, 0.15) is 38.7 Å². The predicted molar refractivity (Wildman–Crippen MR) is 128 cm³/mol. The highest BCUT2D eigenvalue weighted by Crippen LogP contribution is 2.26. The lowest BCUT2D eigenvalue weighted by Gasteiger charge is -2.26. The van der Waals surface area contributed by atoms with Crippen molar-refractivity contribution in [2.24, 2.45) is 0 Å². The molecule has 1 aliphatic heterocycles. The molecule has 0 saturated carbocycles. The van der Waals surface area contributed by atoms with E-state index in [0.717, 1.165) is 16.7 Å². The van der Waals surface area contributed by atoms with Crippen molar-refractivity contribution in [2.75, 3.05) is 26.3 Å². The zero-order valence-corrected chi connectivity index (χ0v) is 19.6. The van der Waals surface area contributed by atoms with Crippen molar-refractivity contribution in [1.29, 1.82) is 0 Å². The van der Waals surface area contributed by atoms with Gasteiger partial charge in [0.25, 0.3) is 5.91 Å². The zero-order valence-electron chi connectivity index (χ0n) is 18.8. The summed E-state index contributed by atoms with van der Waals surface area (Å²) in [5.74, 6) is -0.316. The maximum Gasteiger partial charge on any atom is 0.252 e. The van der Waals surface area contributed by atoms with Gasteiger partial charge in [0.2, 0.25) is 10.0 Å². The van der Waals surface area contributed by atoms with Gasteiger partial charge in [-0.05, 0) is 48.2 Å². The maximum absolute atomic E-state index is 13.4. The molecule has 1 fully saturated rings. The standard InChI is InChI=1S/C26H28N2O4S/c1-19-8-6-7-11-23(19)25(21-9-4-3-5-10-21)27-26(29)24-18-22(13-12-20(24)2)33(30,31)28-14-16-32-17-15-28/h3-13,18,25H,14-17H2,1-2H3,(H,27,29). The summed E-state index contributed by atoms with van der Waals surface area (Å²) in [6.45, 7) is 5.17. The van der Waals surface area contributed by atoms with Crippen molar-refractivity contribution >= 4 is 15.9 Å². The van der Waals surface area contributed by atoms with E-state index in [9.17, 15) is 13.2 Å². The molecule has 0 radical (unpaired) electrons. The fourth-order valence-corrected chi connectivity index (χ4v) is 5.48. The molecular formula is C26H28N2O4S. The molecule has 1 aliphatic rings. The molecule has 0 spiro atoms. The molecule has 1 N–H and O–H groups in total. The number of carbonyl (C=O) groups excluding carboxylic acids is 1. The first-order valence-electron chi connectivity index (χ1n) is 11.0. The van der Waals surface area contributed by atoms with Gasteiger partial charge in [-0.15, -0.1) is 0 Å². The number of ether oxygens (including phenoxy) is 1. The monoisotopic (exact) mass is 464 g/mol. The summed E-state index contributed by atoms with van der Waals surface area (Å²) < 4.78 is 32.9. The van der Waals surface area contributed by atoms with Gasteiger partial charge in [-0.1, -0.05) is 60.7 Å². The molecule has 7 heteroatoms. The van der Waals surface area contributed by atoms with Crippen LogP contribution >= 0.6 is 0 Å². The molecule has 1 atom stereocenters. The van der Waals surface area contributed by atoms with E-state index in [4.69, 9.17) is 4.74 Å². The van der Waals surface area contributed by atoms with Crippen molar-refractivity contribution in [3.63, 3.8) is 0 Å². The molecule has 1 heterocycles. The van der Waals surface area contributed by atoms with Crippen LogP contribution in [0.15, 0.2) is 77.7 Å². The average molecular weight is 465 g/mol. The number of hydrogen-bond acceptors (Lipinski definition) is 4. The van der Waals surface area contributed by atoms with E-state index in [1.165, 1.54) is 10.4 Å². The van der Waals surface area contributed by atoms with Crippen LogP contribution in [0.2, 0.25) is 0 Å². The molecule has 0 aromatic heterocycles. The predicted octanol–water partition coefficient (Wildman–Crippen LogP) is 3.84. The summed E-state index contributed by atoms with van der Waals surface area (Å²) in [5.41, 5.74) is 4.07. The second-order valence-corrected chi connectivity index (χ2v) is 10.1. The Bertz CT molecular complexity index is 1240. The third-order valence-corrected chi connectivity index (χ3v) is 7.86. The molecule has 0 aliphatic carbocycles. The first-order chi connectivity index (χ1) is 15.9. The quantitative estimate of drug-likeness (QED) is 0.601. The number of sulfonamides is 1. The number of amides is 1. The van der Waals surface area contributed by atoms with Crippen molar-refractivity contribution < 1.29 is 17.9 Å². The summed E-state index contributed by atoms with van der Waals surface area (Å²) in [7, 11) is -3.70. The first kappa shape index (κ1) is 23.2. The minimum atomic E-state index is -3.70. The number of morpholine rings is 1. The van der Waals surface area contributed by atoms with Gasteiger partial charge in [-0.3, -0.25) is 4.79 Å². The van der Waals surface area contributed by atoms with Gasteiger partial charge in [0, 0.05) is 18.7 Å². The van der Waals surface area contributed by atoms with Gasteiger partial charge in [0.05, 0.1) is 24.2 Å². The van der Waals surface area contributed by atoms with Crippen LogP contribution < -0.4 is 5.32 Å². The highest BCUT2D eigenvalue weighted by molar-refractivity contribution is 7.89. The normalized spacial score (nSPS) is 15.7. The summed E-state index contributed by atoms with van der Waals surface area (Å²) in [5, 5.41) is 3.14. The van der Waals surface area contributed by atoms with Crippen molar-refractivity contribution in [3.8, 4) is 0 Å². The lowest BCUT2D eigenvalue weighted by atomic mass is 9.94. The number of nitrogens with one attached hydrogen (secondary N) is 1. The fraction of sp³-hybridized carbons (Fsp3) is 0.269. The van der Waals surface area contributed by atoms with Gasteiger partial charge in [-0.2, -0.15) is 4.31 Å². The smallest absolute Gasteiger partial charge is 0.252 e. The van der Waals surface area contributed by atoms with E-state index in [-0.39, 0.29) is 16.8 Å². The second kappa shape index (κ2) is 9.87. The van der Waals surface area contributed by atoms with Crippen LogP contribution in [0.25, 0.3) is 0 Å². The molecule has 6 nitrogen and oxygen atoms in total. The average Bonchev–Trinajstić information content (AvgIpc) is 2.84. The highest BCUT2D eigenvalue weighted by Gasteiger charge is 2.28. The Labute approximate surface area is 195 Å². The van der Waals surface area contributed by atoms with E-state index < -0.39 is 10.0 Å². The van der Waals surface area contributed by atoms with Crippen LogP contribution in [-0.4, -0.2) is 44.9 Å². The summed E-state index contributed by atoms with van der Waals surface area (Å²) in [6, 6.07) is 22.1. The number of carbonyl (C=O) groups is 1. The van der Waals surface area contributed by atoms with E-state index >= 15 is 0 Å². The Kier molecular flexibility index (Phi) is 6.93. The number of nitrogens with zero attached hydrogens (tertiary/aromatic N) is 1. The number of benzene rings is 3. The van der Waals surface area contributed by atoms with Crippen molar-refractivity contribution in [2.45, 2.75) is 24.8 Å². The topological polar surface area (TPSA) is 75.7 Å². The van der Waals surface area contributed by atoms with Gasteiger partial charge in [0.15, 0.2) is 0 Å². The molecule has 1 unspecified atom stereocenters. The van der Waals surface area contributed by atoms with E-state index in [1.54, 1.807) is 12.1 Å². The van der Waals surface area contributed by atoms with Gasteiger partial charge >= 0.3 is 0 Å². The number of hydrogen-bond donors (Lipinski definition) is 1. The molecule has 1 amide bonds. The van der Waals surface area contributed by atoms with Crippen LogP contribution in [0, 0.1) is 13.8 Å². The van der Waals surface area contributed by atoms with Gasteiger partial charge in [0.1, 0.15) is 0 Å². The van der Waals surface area contributed by atoms with Crippen LogP contribution in [0.4, 0.5) is 0 Å². The summed E-state index contributed by atoms with van der Waals surface area (Å²) >= 11 is 0. The first-order valence-corrected chi connectivity index (χ1v) is 12.4. The Morgan fingerprint density at radius 3 is 2.27 bits per heavy atom. The molecule has 1 saturated heterocycles.